The Balaban J connectivity index is 2.31. The second-order valence-electron chi connectivity index (χ2n) is 2.09. The first-order valence-corrected chi connectivity index (χ1v) is 4.65. The van der Waals surface area contributed by atoms with E-state index >= 15 is 0 Å². The van der Waals surface area contributed by atoms with Crippen LogP contribution in [0.15, 0.2) is 29.4 Å². The van der Waals surface area contributed by atoms with Crippen LogP contribution < -0.4 is 4.72 Å². The van der Waals surface area contributed by atoms with Crippen molar-refractivity contribution in [2.24, 2.45) is 0 Å². The number of nitrogens with one attached hydrogen (secondary N) is 1. The van der Waals surface area contributed by atoms with Crippen molar-refractivity contribution in [2.75, 3.05) is 6.61 Å². The summed E-state index contributed by atoms with van der Waals surface area (Å²) in [6.45, 7) is 2.12. The van der Waals surface area contributed by atoms with Crippen LogP contribution >= 0.6 is 11.9 Å². The van der Waals surface area contributed by atoms with Crippen LogP contribution in [0, 0.1) is 0 Å². The summed E-state index contributed by atoms with van der Waals surface area (Å²) in [4.78, 5) is 14.8. The second kappa shape index (κ2) is 5.42. The fourth-order valence-corrected chi connectivity index (χ4v) is 1.17. The first kappa shape index (κ1) is 9.85. The maximum atomic E-state index is 10.8. The molecule has 0 aliphatic rings. The highest BCUT2D eigenvalue weighted by atomic mass is 32.2. The minimum absolute atomic E-state index is 0.370. The molecular weight excluding hydrogens is 188 g/mol. The van der Waals surface area contributed by atoms with Crippen molar-refractivity contribution >= 4 is 18.0 Å². The van der Waals surface area contributed by atoms with Crippen LogP contribution in [-0.2, 0) is 4.74 Å². The zero-order valence-electron chi connectivity index (χ0n) is 7.19. The quantitative estimate of drug-likeness (QED) is 0.753. The highest BCUT2D eigenvalue weighted by molar-refractivity contribution is 7.97. The maximum Gasteiger partial charge on any atom is 0.417 e. The first-order chi connectivity index (χ1) is 6.33. The SMILES string of the molecule is CCOC(=O)NSc1ccccn1. The topological polar surface area (TPSA) is 51.2 Å². The number of amides is 1. The summed E-state index contributed by atoms with van der Waals surface area (Å²) in [7, 11) is 0. The molecule has 0 bridgehead atoms. The summed E-state index contributed by atoms with van der Waals surface area (Å²) in [5, 5.41) is 0.732. The van der Waals surface area contributed by atoms with Crippen molar-refractivity contribution in [3.05, 3.63) is 24.4 Å². The molecule has 70 valence electrons. The molecular formula is C8H10N2O2S. The molecule has 0 atom stereocenters. The van der Waals surface area contributed by atoms with Crippen LogP contribution in [0.5, 0.6) is 0 Å². The molecule has 1 aromatic heterocycles. The Labute approximate surface area is 80.8 Å². The van der Waals surface area contributed by atoms with Gasteiger partial charge in [0.1, 0.15) is 5.03 Å². The number of hydrogen-bond acceptors (Lipinski definition) is 4. The molecule has 0 unspecified atom stereocenters. The molecule has 1 N–H and O–H groups in total. The lowest BCUT2D eigenvalue weighted by molar-refractivity contribution is 0.159. The number of carbonyl (C=O) groups is 1. The Bertz CT molecular complexity index is 266. The minimum atomic E-state index is -0.446. The third-order valence-corrected chi connectivity index (χ3v) is 1.87. The molecule has 1 heterocycles. The van der Waals surface area contributed by atoms with Gasteiger partial charge >= 0.3 is 6.09 Å². The lowest BCUT2D eigenvalue weighted by Gasteiger charge is -2.02. The van der Waals surface area contributed by atoms with Gasteiger partial charge in [0.15, 0.2) is 0 Å². The van der Waals surface area contributed by atoms with Gasteiger partial charge in [0.25, 0.3) is 0 Å². The maximum absolute atomic E-state index is 10.8. The molecule has 4 nitrogen and oxygen atoms in total. The van der Waals surface area contributed by atoms with Gasteiger partial charge in [0.2, 0.25) is 0 Å². The average Bonchev–Trinajstić information content (AvgIpc) is 2.17. The van der Waals surface area contributed by atoms with Crippen LogP contribution in [0.3, 0.4) is 0 Å². The number of hydrogen-bond donors (Lipinski definition) is 1. The summed E-state index contributed by atoms with van der Waals surface area (Å²) >= 11 is 1.13. The lowest BCUT2D eigenvalue weighted by atomic mass is 10.5. The molecule has 13 heavy (non-hydrogen) atoms. The molecule has 5 heteroatoms. The van der Waals surface area contributed by atoms with Crippen molar-refractivity contribution in [3.63, 3.8) is 0 Å². The van der Waals surface area contributed by atoms with Gasteiger partial charge < -0.3 is 4.74 Å². The molecule has 1 aromatic rings. The molecule has 0 aliphatic carbocycles. The number of aromatic nitrogens is 1. The van der Waals surface area contributed by atoms with Gasteiger partial charge in [-0.15, -0.1) is 0 Å². The molecule has 0 saturated carbocycles. The number of pyridine rings is 1. The van der Waals surface area contributed by atoms with E-state index in [4.69, 9.17) is 0 Å². The summed E-state index contributed by atoms with van der Waals surface area (Å²) in [6.07, 6.45) is 1.22. The van der Waals surface area contributed by atoms with Crippen molar-refractivity contribution in [2.45, 2.75) is 11.9 Å². The summed E-state index contributed by atoms with van der Waals surface area (Å²) in [6, 6.07) is 5.47. The third kappa shape index (κ3) is 3.80. The standard InChI is InChI=1S/C8H10N2O2S/c1-2-12-8(11)10-13-7-5-3-4-6-9-7/h3-6H,2H2,1H3,(H,10,11). The van der Waals surface area contributed by atoms with Gasteiger partial charge in [-0.25, -0.2) is 9.78 Å². The van der Waals surface area contributed by atoms with Gasteiger partial charge in [-0.2, -0.15) is 0 Å². The molecule has 0 fully saturated rings. The third-order valence-electron chi connectivity index (χ3n) is 1.15. The zero-order chi connectivity index (χ0) is 9.52. The number of ether oxygens (including phenoxy) is 1. The van der Waals surface area contributed by atoms with Crippen LogP contribution in [0.1, 0.15) is 6.92 Å². The predicted molar refractivity (Wildman–Crippen MR) is 50.3 cm³/mol. The second-order valence-corrected chi connectivity index (χ2v) is 2.92. The van der Waals surface area contributed by atoms with E-state index in [0.717, 1.165) is 17.0 Å². The number of carbonyl (C=O) groups excluding carboxylic acids is 1. The smallest absolute Gasteiger partial charge is 0.417 e. The van der Waals surface area contributed by atoms with E-state index < -0.39 is 6.09 Å². The fraction of sp³-hybridized carbons (Fsp3) is 0.250. The molecule has 0 saturated heterocycles. The Kier molecular flexibility index (Phi) is 4.11. The summed E-state index contributed by atoms with van der Waals surface area (Å²) < 4.78 is 7.16. The van der Waals surface area contributed by atoms with Crippen molar-refractivity contribution in [1.29, 1.82) is 0 Å². The highest BCUT2D eigenvalue weighted by Crippen LogP contribution is 2.09. The van der Waals surface area contributed by atoms with Crippen LogP contribution in [0.2, 0.25) is 0 Å². The normalized spacial score (nSPS) is 9.31. The van der Waals surface area contributed by atoms with Gasteiger partial charge in [-0.05, 0) is 19.1 Å². The Morgan fingerprint density at radius 2 is 2.54 bits per heavy atom. The predicted octanol–water partition coefficient (Wildman–Crippen LogP) is 1.83. The number of rotatable bonds is 3. The van der Waals surface area contributed by atoms with E-state index in [0.29, 0.717) is 6.61 Å². The summed E-state index contributed by atoms with van der Waals surface area (Å²) in [5.74, 6) is 0. The van der Waals surface area contributed by atoms with Crippen molar-refractivity contribution in [1.82, 2.24) is 9.71 Å². The van der Waals surface area contributed by atoms with E-state index in [1.165, 1.54) is 0 Å². The Morgan fingerprint density at radius 1 is 1.69 bits per heavy atom. The highest BCUT2D eigenvalue weighted by Gasteiger charge is 2.00. The molecule has 0 radical (unpaired) electrons. The van der Waals surface area contributed by atoms with Gasteiger partial charge in [0.05, 0.1) is 6.61 Å². The largest absolute Gasteiger partial charge is 0.449 e. The van der Waals surface area contributed by atoms with E-state index in [-0.39, 0.29) is 0 Å². The van der Waals surface area contributed by atoms with Crippen LogP contribution in [0.25, 0.3) is 0 Å². The van der Waals surface area contributed by atoms with Crippen molar-refractivity contribution in [3.8, 4) is 0 Å². The van der Waals surface area contributed by atoms with Crippen molar-refractivity contribution < 1.29 is 9.53 Å². The van der Waals surface area contributed by atoms with Crippen LogP contribution in [-0.4, -0.2) is 17.7 Å². The Morgan fingerprint density at radius 3 is 3.15 bits per heavy atom. The zero-order valence-corrected chi connectivity index (χ0v) is 8.00. The van der Waals surface area contributed by atoms with Gasteiger partial charge in [-0.3, -0.25) is 4.72 Å². The molecule has 1 rings (SSSR count). The van der Waals surface area contributed by atoms with E-state index in [9.17, 15) is 4.79 Å². The van der Waals surface area contributed by atoms with E-state index in [1.807, 2.05) is 12.1 Å². The van der Waals surface area contributed by atoms with Gasteiger partial charge in [0, 0.05) is 18.1 Å². The number of nitrogens with zero attached hydrogens (tertiary/aromatic N) is 1. The fourth-order valence-electron chi connectivity index (χ4n) is 0.662. The first-order valence-electron chi connectivity index (χ1n) is 3.83. The molecule has 0 aromatic carbocycles. The van der Waals surface area contributed by atoms with Crippen LogP contribution in [0.4, 0.5) is 4.79 Å². The van der Waals surface area contributed by atoms with E-state index in [2.05, 4.69) is 14.4 Å². The molecule has 0 aliphatic heterocycles. The lowest BCUT2D eigenvalue weighted by Crippen LogP contribution is -2.16. The minimum Gasteiger partial charge on any atom is -0.449 e. The van der Waals surface area contributed by atoms with E-state index in [1.54, 1.807) is 19.2 Å². The summed E-state index contributed by atoms with van der Waals surface area (Å²) in [5.41, 5.74) is 0. The van der Waals surface area contributed by atoms with Gasteiger partial charge in [-0.1, -0.05) is 6.07 Å². The Hall–Kier alpha value is -1.23. The average molecular weight is 198 g/mol. The molecule has 0 spiro atoms. The monoisotopic (exact) mass is 198 g/mol. The molecule has 1 amide bonds.